The highest BCUT2D eigenvalue weighted by atomic mass is 16.3. The van der Waals surface area contributed by atoms with Crippen molar-refractivity contribution in [2.75, 3.05) is 0 Å². The van der Waals surface area contributed by atoms with Crippen LogP contribution in [0.1, 0.15) is 60.3 Å². The van der Waals surface area contributed by atoms with E-state index in [2.05, 4.69) is 52.8 Å². The van der Waals surface area contributed by atoms with E-state index in [0.717, 1.165) is 25.7 Å². The number of hydrogen-bond acceptors (Lipinski definition) is 2. The van der Waals surface area contributed by atoms with Gasteiger partial charge in [0.05, 0.1) is 11.6 Å². The minimum Gasteiger partial charge on any atom is -0.392 e. The van der Waals surface area contributed by atoms with Crippen LogP contribution in [0.15, 0.2) is 28.8 Å². The standard InChI is InChI=1S/C18H29NO/c1-17(2,3)19-15(13-8-6-7-9-13)12-14-10-11-18(4,5)16(14)20/h6-8,14,16,20H,9-12H2,1-5H3/t14-,16+/m1/s1. The summed E-state index contributed by atoms with van der Waals surface area (Å²) in [6, 6.07) is 0. The topological polar surface area (TPSA) is 32.6 Å². The van der Waals surface area contributed by atoms with Crippen LogP contribution < -0.4 is 0 Å². The third-order valence-corrected chi connectivity index (χ3v) is 4.47. The fourth-order valence-electron chi connectivity index (χ4n) is 3.28. The van der Waals surface area contributed by atoms with Crippen LogP contribution in [0.3, 0.4) is 0 Å². The minimum absolute atomic E-state index is 0.0554. The first-order chi connectivity index (χ1) is 9.19. The second kappa shape index (κ2) is 5.48. The molecule has 0 bridgehead atoms. The van der Waals surface area contributed by atoms with Crippen LogP contribution in [0.25, 0.3) is 0 Å². The molecule has 0 aliphatic heterocycles. The zero-order valence-corrected chi connectivity index (χ0v) is 13.6. The first-order valence-electron chi connectivity index (χ1n) is 7.82. The Morgan fingerprint density at radius 3 is 2.55 bits per heavy atom. The Balaban J connectivity index is 2.16. The lowest BCUT2D eigenvalue weighted by Crippen LogP contribution is -2.29. The number of aliphatic hydroxyl groups excluding tert-OH is 1. The third kappa shape index (κ3) is 3.60. The molecule has 0 radical (unpaired) electrons. The molecule has 2 nitrogen and oxygen atoms in total. The maximum Gasteiger partial charge on any atom is 0.0623 e. The summed E-state index contributed by atoms with van der Waals surface area (Å²) in [6.07, 6.45) is 10.4. The molecular formula is C18H29NO. The lowest BCUT2D eigenvalue weighted by atomic mass is 9.85. The van der Waals surface area contributed by atoms with Crippen LogP contribution in [0.5, 0.6) is 0 Å². The molecule has 2 rings (SSSR count). The van der Waals surface area contributed by atoms with Crippen molar-refractivity contribution >= 4 is 5.71 Å². The van der Waals surface area contributed by atoms with E-state index in [1.807, 2.05) is 0 Å². The van der Waals surface area contributed by atoms with Gasteiger partial charge in [-0.05, 0) is 63.4 Å². The number of aliphatic hydroxyl groups is 1. The minimum atomic E-state index is -0.206. The molecule has 2 aliphatic rings. The zero-order chi connectivity index (χ0) is 15.0. The van der Waals surface area contributed by atoms with Crippen LogP contribution in [-0.2, 0) is 0 Å². The molecule has 0 aromatic carbocycles. The van der Waals surface area contributed by atoms with Gasteiger partial charge in [0.15, 0.2) is 0 Å². The molecule has 0 amide bonds. The molecular weight excluding hydrogens is 246 g/mol. The molecule has 1 N–H and O–H groups in total. The maximum absolute atomic E-state index is 10.5. The summed E-state index contributed by atoms with van der Waals surface area (Å²) < 4.78 is 0. The smallest absolute Gasteiger partial charge is 0.0623 e. The maximum atomic E-state index is 10.5. The first kappa shape index (κ1) is 15.5. The van der Waals surface area contributed by atoms with Gasteiger partial charge in [-0.1, -0.05) is 32.1 Å². The molecule has 1 fully saturated rings. The van der Waals surface area contributed by atoms with Crippen molar-refractivity contribution in [2.24, 2.45) is 16.3 Å². The fourth-order valence-corrected chi connectivity index (χ4v) is 3.28. The van der Waals surface area contributed by atoms with Gasteiger partial charge in [0.2, 0.25) is 0 Å². The third-order valence-electron chi connectivity index (χ3n) is 4.47. The van der Waals surface area contributed by atoms with Crippen LogP contribution in [0.4, 0.5) is 0 Å². The quantitative estimate of drug-likeness (QED) is 0.765. The van der Waals surface area contributed by atoms with Crippen LogP contribution in [-0.4, -0.2) is 22.5 Å². The molecule has 0 unspecified atom stereocenters. The Hall–Kier alpha value is -0.890. The van der Waals surface area contributed by atoms with Gasteiger partial charge in [-0.3, -0.25) is 4.99 Å². The molecule has 0 heterocycles. The summed E-state index contributed by atoms with van der Waals surface area (Å²) in [6.45, 7) is 10.8. The highest BCUT2D eigenvalue weighted by molar-refractivity contribution is 6.01. The monoisotopic (exact) mass is 275 g/mol. The van der Waals surface area contributed by atoms with Gasteiger partial charge in [0.25, 0.3) is 0 Å². The first-order valence-corrected chi connectivity index (χ1v) is 7.82. The normalized spacial score (nSPS) is 29.9. The molecule has 112 valence electrons. The summed E-state index contributed by atoms with van der Waals surface area (Å²) in [5, 5.41) is 10.5. The SMILES string of the molecule is CC(C)(C)N=C(C[C@H]1CCC(C)(C)[C@H]1O)C1=CC=CC1. The van der Waals surface area contributed by atoms with Gasteiger partial charge in [0.1, 0.15) is 0 Å². The lowest BCUT2D eigenvalue weighted by molar-refractivity contribution is 0.0482. The summed E-state index contributed by atoms with van der Waals surface area (Å²) >= 11 is 0. The largest absolute Gasteiger partial charge is 0.392 e. The molecule has 20 heavy (non-hydrogen) atoms. The molecule has 0 aromatic rings. The van der Waals surface area contributed by atoms with E-state index in [1.165, 1.54) is 11.3 Å². The van der Waals surface area contributed by atoms with Crippen molar-refractivity contribution in [2.45, 2.75) is 71.9 Å². The van der Waals surface area contributed by atoms with Crippen molar-refractivity contribution in [1.29, 1.82) is 0 Å². The van der Waals surface area contributed by atoms with Crippen LogP contribution >= 0.6 is 0 Å². The number of aliphatic imine (C=N–C) groups is 1. The number of rotatable bonds is 3. The summed E-state index contributed by atoms with van der Waals surface area (Å²) in [5.74, 6) is 0.354. The molecule has 2 atom stereocenters. The van der Waals surface area contributed by atoms with Gasteiger partial charge in [-0.25, -0.2) is 0 Å². The van der Waals surface area contributed by atoms with E-state index in [0.29, 0.717) is 5.92 Å². The highest BCUT2D eigenvalue weighted by Gasteiger charge is 2.41. The van der Waals surface area contributed by atoms with E-state index >= 15 is 0 Å². The van der Waals surface area contributed by atoms with E-state index < -0.39 is 0 Å². The summed E-state index contributed by atoms with van der Waals surface area (Å²) in [4.78, 5) is 4.93. The number of allylic oxidation sites excluding steroid dienone is 4. The van der Waals surface area contributed by atoms with Gasteiger partial charge < -0.3 is 5.11 Å². The van der Waals surface area contributed by atoms with Crippen molar-refractivity contribution < 1.29 is 5.11 Å². The van der Waals surface area contributed by atoms with Gasteiger partial charge in [-0.2, -0.15) is 0 Å². The predicted molar refractivity (Wildman–Crippen MR) is 86.2 cm³/mol. The van der Waals surface area contributed by atoms with E-state index in [-0.39, 0.29) is 17.1 Å². The average Bonchev–Trinajstić information content (AvgIpc) is 2.90. The van der Waals surface area contributed by atoms with Gasteiger partial charge in [-0.15, -0.1) is 0 Å². The molecule has 0 aromatic heterocycles. The summed E-state index contributed by atoms with van der Waals surface area (Å²) in [7, 11) is 0. The molecule has 0 spiro atoms. The van der Waals surface area contributed by atoms with E-state index in [4.69, 9.17) is 4.99 Å². The second-order valence-corrected chi connectivity index (χ2v) is 7.99. The van der Waals surface area contributed by atoms with Crippen molar-refractivity contribution in [1.82, 2.24) is 0 Å². The second-order valence-electron chi connectivity index (χ2n) is 7.99. The highest BCUT2D eigenvalue weighted by Crippen LogP contribution is 2.43. The van der Waals surface area contributed by atoms with E-state index in [9.17, 15) is 5.11 Å². The lowest BCUT2D eigenvalue weighted by Gasteiger charge is -2.27. The Kier molecular flexibility index (Phi) is 4.24. The number of hydrogen-bond donors (Lipinski definition) is 1. The predicted octanol–water partition coefficient (Wildman–Crippen LogP) is 4.30. The Labute approximate surface area is 123 Å². The average molecular weight is 275 g/mol. The molecule has 2 aliphatic carbocycles. The van der Waals surface area contributed by atoms with E-state index in [1.54, 1.807) is 0 Å². The number of nitrogens with zero attached hydrogens (tertiary/aromatic N) is 1. The zero-order valence-electron chi connectivity index (χ0n) is 13.6. The Morgan fingerprint density at radius 2 is 2.10 bits per heavy atom. The summed E-state index contributed by atoms with van der Waals surface area (Å²) in [5.41, 5.74) is 2.53. The molecule has 1 saturated carbocycles. The Bertz CT molecular complexity index is 449. The van der Waals surface area contributed by atoms with Crippen molar-refractivity contribution in [3.8, 4) is 0 Å². The van der Waals surface area contributed by atoms with Crippen LogP contribution in [0.2, 0.25) is 0 Å². The van der Waals surface area contributed by atoms with Crippen molar-refractivity contribution in [3.05, 3.63) is 23.8 Å². The van der Waals surface area contributed by atoms with Crippen LogP contribution in [0, 0.1) is 11.3 Å². The van der Waals surface area contributed by atoms with Gasteiger partial charge in [0, 0.05) is 5.71 Å². The molecule has 2 heteroatoms. The molecule has 0 saturated heterocycles. The Morgan fingerprint density at radius 1 is 1.40 bits per heavy atom. The van der Waals surface area contributed by atoms with Gasteiger partial charge >= 0.3 is 0 Å². The fraction of sp³-hybridized carbons (Fsp3) is 0.722. The van der Waals surface area contributed by atoms with Crippen molar-refractivity contribution in [3.63, 3.8) is 0 Å².